The molecule has 1 N–H and O–H groups in total. The molecule has 4 rings (SSSR count). The molecule has 1 unspecified atom stereocenters. The van der Waals surface area contributed by atoms with Crippen LogP contribution in [0.4, 0.5) is 24.5 Å². The minimum absolute atomic E-state index is 0.162. The van der Waals surface area contributed by atoms with Crippen molar-refractivity contribution >= 4 is 11.4 Å². The Morgan fingerprint density at radius 3 is 2.64 bits per heavy atom. The molecule has 2 aromatic carbocycles. The fourth-order valence-corrected chi connectivity index (χ4v) is 4.76. The number of rotatable bonds is 6. The highest BCUT2D eigenvalue weighted by molar-refractivity contribution is 5.59. The zero-order chi connectivity index (χ0) is 23.6. The molecule has 1 fully saturated rings. The summed E-state index contributed by atoms with van der Waals surface area (Å²) in [6.45, 7) is 7.29. The summed E-state index contributed by atoms with van der Waals surface area (Å²) >= 11 is 0. The molecule has 0 spiro atoms. The van der Waals surface area contributed by atoms with E-state index in [-0.39, 0.29) is 17.7 Å². The third-order valence-electron chi connectivity index (χ3n) is 6.65. The number of piperidine rings is 1. The number of hydrogen-bond donors (Lipinski definition) is 1. The molecule has 1 saturated heterocycles. The van der Waals surface area contributed by atoms with Gasteiger partial charge >= 0.3 is 6.36 Å². The highest BCUT2D eigenvalue weighted by atomic mass is 19.4. The van der Waals surface area contributed by atoms with Gasteiger partial charge in [0.25, 0.3) is 0 Å². The highest BCUT2D eigenvalue weighted by Gasteiger charge is 2.32. The van der Waals surface area contributed by atoms with Gasteiger partial charge in [0.15, 0.2) is 0 Å². The number of aryl methyl sites for hydroxylation is 2. The summed E-state index contributed by atoms with van der Waals surface area (Å²) in [5.74, 6) is 0.0854. The number of halogens is 3. The summed E-state index contributed by atoms with van der Waals surface area (Å²) in [5.41, 5.74) is 5.47. The summed E-state index contributed by atoms with van der Waals surface area (Å²) in [4.78, 5) is 13.1. The first-order valence-corrected chi connectivity index (χ1v) is 11.2. The second-order valence-electron chi connectivity index (χ2n) is 8.85. The number of benzene rings is 2. The molecule has 1 aliphatic heterocycles. The molecule has 1 aliphatic carbocycles. The Balaban J connectivity index is 1.39. The van der Waals surface area contributed by atoms with Crippen molar-refractivity contribution in [1.82, 2.24) is 0 Å². The summed E-state index contributed by atoms with van der Waals surface area (Å²) in [6.07, 6.45) is -0.760. The Morgan fingerprint density at radius 2 is 1.94 bits per heavy atom. The average molecular weight is 460 g/mol. The molecule has 0 saturated carbocycles. The first-order chi connectivity index (χ1) is 15.7. The van der Waals surface area contributed by atoms with E-state index < -0.39 is 6.36 Å². The highest BCUT2D eigenvalue weighted by Crippen LogP contribution is 2.35. The number of fused-ring (bicyclic) bond motifs is 1. The van der Waals surface area contributed by atoms with Gasteiger partial charge in [-0.25, -0.2) is 0 Å². The molecular formula is C25H28F3N3O2. The van der Waals surface area contributed by atoms with Crippen LogP contribution in [-0.4, -0.2) is 25.5 Å². The summed E-state index contributed by atoms with van der Waals surface area (Å²) in [6, 6.07) is 10.9. The van der Waals surface area contributed by atoms with Crippen LogP contribution < -0.4 is 15.0 Å². The number of nitrogens with zero attached hydrogens (tertiary/aromatic N) is 2. The van der Waals surface area contributed by atoms with E-state index in [0.717, 1.165) is 48.3 Å². The number of allylic oxidation sites excluding steroid dienone is 1. The van der Waals surface area contributed by atoms with Gasteiger partial charge in [-0.2, -0.15) is 4.91 Å². The maximum Gasteiger partial charge on any atom is 0.573 e. The van der Waals surface area contributed by atoms with Gasteiger partial charge < -0.3 is 15.0 Å². The van der Waals surface area contributed by atoms with Gasteiger partial charge in [0.2, 0.25) is 0 Å². The quantitative estimate of drug-likeness (QED) is 0.511. The average Bonchev–Trinajstić information content (AvgIpc) is 2.79. The zero-order valence-electron chi connectivity index (χ0n) is 18.6. The number of ether oxygens (including phenoxy) is 1. The van der Waals surface area contributed by atoms with E-state index in [1.807, 2.05) is 18.2 Å². The lowest BCUT2D eigenvalue weighted by Gasteiger charge is -2.35. The lowest BCUT2D eigenvalue weighted by atomic mass is 9.87. The van der Waals surface area contributed by atoms with Crippen LogP contribution >= 0.6 is 0 Å². The topological polar surface area (TPSA) is 53.9 Å². The lowest BCUT2D eigenvalue weighted by Crippen LogP contribution is -2.35. The van der Waals surface area contributed by atoms with Gasteiger partial charge in [-0.05, 0) is 61.4 Å². The molecule has 5 nitrogen and oxygen atoms in total. The van der Waals surface area contributed by atoms with Crippen molar-refractivity contribution in [3.05, 3.63) is 70.3 Å². The van der Waals surface area contributed by atoms with Gasteiger partial charge in [-0.15, -0.1) is 13.2 Å². The van der Waals surface area contributed by atoms with Gasteiger partial charge in [-0.1, -0.05) is 30.0 Å². The molecule has 0 aromatic heterocycles. The van der Waals surface area contributed by atoms with Crippen LogP contribution in [0.1, 0.15) is 36.0 Å². The van der Waals surface area contributed by atoms with Crippen LogP contribution in [0.15, 0.2) is 53.9 Å². The number of hydrogen-bond acceptors (Lipinski definition) is 5. The van der Waals surface area contributed by atoms with Crippen LogP contribution in [0.5, 0.6) is 5.75 Å². The molecule has 0 radical (unpaired) electrons. The normalized spacial score (nSPS) is 19.0. The number of nitroso groups, excluding NO2 is 1. The number of nitrogens with one attached hydrogen (secondary N) is 1. The molecule has 2 aliphatic rings. The maximum atomic E-state index is 12.7. The van der Waals surface area contributed by atoms with E-state index in [2.05, 4.69) is 32.8 Å². The van der Waals surface area contributed by atoms with Gasteiger partial charge in [0, 0.05) is 48.6 Å². The molecule has 2 aromatic rings. The molecule has 33 heavy (non-hydrogen) atoms. The number of alkyl halides is 3. The fourth-order valence-electron chi connectivity index (χ4n) is 4.76. The summed E-state index contributed by atoms with van der Waals surface area (Å²) < 4.78 is 42.2. The zero-order valence-corrected chi connectivity index (χ0v) is 18.6. The lowest BCUT2D eigenvalue weighted by molar-refractivity contribution is -0.274. The molecular weight excluding hydrogens is 431 g/mol. The Labute approximate surface area is 191 Å². The van der Waals surface area contributed by atoms with Crippen LogP contribution in [0.25, 0.3) is 0 Å². The molecule has 1 heterocycles. The van der Waals surface area contributed by atoms with Crippen LogP contribution in [0, 0.1) is 17.7 Å². The standard InChI is InChI=1S/C25H28F3N3O2/c1-16-6-9-21(15-24(16)33-25(26,27)28)31-12-10-18(11-13-31)17(2)29-23-5-3-4-19-7-8-20(30-32)14-22(19)23/h3-6,9,15,18,20,29H,2,7-8,10-14H2,1H3. The first-order valence-electron chi connectivity index (χ1n) is 11.2. The van der Waals surface area contributed by atoms with Crippen molar-refractivity contribution in [3.8, 4) is 5.75 Å². The molecule has 1 atom stereocenters. The molecule has 0 bridgehead atoms. The molecule has 8 heteroatoms. The maximum absolute atomic E-state index is 12.7. The number of anilines is 2. The Bertz CT molecular complexity index is 1030. The van der Waals surface area contributed by atoms with E-state index in [1.165, 1.54) is 11.6 Å². The SMILES string of the molecule is C=C(Nc1cccc2c1CC(N=O)CC2)C1CCN(c2ccc(C)c(OC(F)(F)F)c2)CC1. The largest absolute Gasteiger partial charge is 0.573 e. The van der Waals surface area contributed by atoms with Gasteiger partial charge in [-0.3, -0.25) is 0 Å². The van der Waals surface area contributed by atoms with Crippen molar-refractivity contribution < 1.29 is 17.9 Å². The van der Waals surface area contributed by atoms with E-state index >= 15 is 0 Å². The second kappa shape index (κ2) is 9.45. The fraction of sp³-hybridized carbons (Fsp3) is 0.440. The van der Waals surface area contributed by atoms with Crippen molar-refractivity contribution in [2.75, 3.05) is 23.3 Å². The first kappa shape index (κ1) is 23.1. The summed E-state index contributed by atoms with van der Waals surface area (Å²) in [7, 11) is 0. The van der Waals surface area contributed by atoms with E-state index in [9.17, 15) is 18.1 Å². The third-order valence-corrected chi connectivity index (χ3v) is 6.65. The predicted molar refractivity (Wildman–Crippen MR) is 124 cm³/mol. The van der Waals surface area contributed by atoms with Crippen LogP contribution in [0.3, 0.4) is 0 Å². The molecule has 176 valence electrons. The Hall–Kier alpha value is -3.03. The van der Waals surface area contributed by atoms with Crippen molar-refractivity contribution in [2.45, 2.75) is 51.4 Å². The summed E-state index contributed by atoms with van der Waals surface area (Å²) in [5, 5.41) is 6.73. The van der Waals surface area contributed by atoms with Crippen LogP contribution in [-0.2, 0) is 12.8 Å². The molecule has 0 amide bonds. The minimum atomic E-state index is -4.71. The minimum Gasteiger partial charge on any atom is -0.405 e. The van der Waals surface area contributed by atoms with E-state index in [0.29, 0.717) is 25.1 Å². The van der Waals surface area contributed by atoms with Crippen LogP contribution in [0.2, 0.25) is 0 Å². The van der Waals surface area contributed by atoms with Gasteiger partial charge in [0.05, 0.1) is 6.04 Å². The smallest absolute Gasteiger partial charge is 0.405 e. The van der Waals surface area contributed by atoms with Gasteiger partial charge in [0.1, 0.15) is 5.75 Å². The Morgan fingerprint density at radius 1 is 1.18 bits per heavy atom. The third kappa shape index (κ3) is 5.49. The van der Waals surface area contributed by atoms with E-state index in [4.69, 9.17) is 0 Å². The van der Waals surface area contributed by atoms with Crippen molar-refractivity contribution in [1.29, 1.82) is 0 Å². The Kier molecular flexibility index (Phi) is 6.63. The monoisotopic (exact) mass is 459 g/mol. The second-order valence-corrected chi connectivity index (χ2v) is 8.85. The predicted octanol–water partition coefficient (Wildman–Crippen LogP) is 6.36. The van der Waals surface area contributed by atoms with Crippen molar-refractivity contribution in [3.63, 3.8) is 0 Å². The van der Waals surface area contributed by atoms with E-state index in [1.54, 1.807) is 13.0 Å². The van der Waals surface area contributed by atoms with Crippen molar-refractivity contribution in [2.24, 2.45) is 11.1 Å².